The van der Waals surface area contributed by atoms with Crippen molar-refractivity contribution in [2.24, 2.45) is 4.99 Å². The van der Waals surface area contributed by atoms with Gasteiger partial charge in [0.15, 0.2) is 5.96 Å². The zero-order chi connectivity index (χ0) is 21.4. The molecule has 170 valence electrons. The van der Waals surface area contributed by atoms with Gasteiger partial charge in [0.25, 0.3) is 0 Å². The first-order valence-electron chi connectivity index (χ1n) is 10.3. The minimum Gasteiger partial charge on any atom is -0.497 e. The minimum atomic E-state index is -3.37. The van der Waals surface area contributed by atoms with E-state index >= 15 is 0 Å². The molecule has 1 aliphatic rings. The molecule has 7 nitrogen and oxygen atoms in total. The highest BCUT2D eigenvalue weighted by Gasteiger charge is 2.26. The summed E-state index contributed by atoms with van der Waals surface area (Å²) in [6.07, 6.45) is 1.87. The van der Waals surface area contributed by atoms with Crippen LogP contribution in [0.5, 0.6) is 5.75 Å². The lowest BCUT2D eigenvalue weighted by molar-refractivity contribution is 0.414. The Labute approximate surface area is 202 Å². The first kappa shape index (κ1) is 25.4. The van der Waals surface area contributed by atoms with Gasteiger partial charge in [0.2, 0.25) is 10.0 Å². The fourth-order valence-corrected chi connectivity index (χ4v) is 4.80. The lowest BCUT2D eigenvalue weighted by atomic mass is 10.2. The number of nitrogens with zero attached hydrogens (tertiary/aromatic N) is 2. The number of nitrogens with one attached hydrogen (secondary N) is 2. The van der Waals surface area contributed by atoms with Crippen LogP contribution in [0.1, 0.15) is 30.9 Å². The van der Waals surface area contributed by atoms with Crippen molar-refractivity contribution < 1.29 is 13.2 Å². The number of sulfonamides is 1. The van der Waals surface area contributed by atoms with Crippen LogP contribution in [0.25, 0.3) is 0 Å². The van der Waals surface area contributed by atoms with Crippen LogP contribution >= 0.6 is 24.0 Å². The van der Waals surface area contributed by atoms with Gasteiger partial charge in [0, 0.05) is 26.2 Å². The topological polar surface area (TPSA) is 83.0 Å². The molecular weight excluding hydrogens is 527 g/mol. The molecule has 9 heteroatoms. The predicted molar refractivity (Wildman–Crippen MR) is 134 cm³/mol. The van der Waals surface area contributed by atoms with Crippen molar-refractivity contribution in [3.8, 4) is 5.75 Å². The van der Waals surface area contributed by atoms with Crippen molar-refractivity contribution in [3.63, 3.8) is 0 Å². The van der Waals surface area contributed by atoms with Crippen LogP contribution in [0.15, 0.2) is 58.4 Å². The van der Waals surface area contributed by atoms with Gasteiger partial charge in [0.1, 0.15) is 5.75 Å². The van der Waals surface area contributed by atoms with E-state index < -0.39 is 10.0 Å². The van der Waals surface area contributed by atoms with E-state index in [9.17, 15) is 8.42 Å². The number of hydrogen-bond acceptors (Lipinski definition) is 4. The second-order valence-electron chi connectivity index (χ2n) is 7.15. The van der Waals surface area contributed by atoms with Crippen LogP contribution in [0, 0.1) is 0 Å². The van der Waals surface area contributed by atoms with E-state index in [1.165, 1.54) is 0 Å². The molecule has 31 heavy (non-hydrogen) atoms. The Kier molecular flexibility index (Phi) is 10.0. The number of ether oxygens (including phenoxy) is 1. The zero-order valence-electron chi connectivity index (χ0n) is 18.0. The Hall–Kier alpha value is -1.85. The van der Waals surface area contributed by atoms with Crippen molar-refractivity contribution >= 4 is 40.0 Å². The van der Waals surface area contributed by atoms with E-state index in [0.29, 0.717) is 37.0 Å². The Bertz CT molecular complexity index is 942. The van der Waals surface area contributed by atoms with Crippen LogP contribution in [0.4, 0.5) is 0 Å². The fraction of sp³-hybridized carbons (Fsp3) is 0.409. The maximum atomic E-state index is 12.6. The van der Waals surface area contributed by atoms with Gasteiger partial charge in [-0.3, -0.25) is 0 Å². The number of hydrogen-bond donors (Lipinski definition) is 2. The molecule has 0 aliphatic carbocycles. The summed E-state index contributed by atoms with van der Waals surface area (Å²) in [5.41, 5.74) is 2.08. The van der Waals surface area contributed by atoms with Gasteiger partial charge >= 0.3 is 0 Å². The molecule has 1 fully saturated rings. The van der Waals surface area contributed by atoms with E-state index in [1.54, 1.807) is 23.5 Å². The van der Waals surface area contributed by atoms with Crippen molar-refractivity contribution in [2.75, 3.05) is 26.7 Å². The third-order valence-corrected chi connectivity index (χ3v) is 6.92. The first-order chi connectivity index (χ1) is 14.5. The molecule has 0 radical (unpaired) electrons. The van der Waals surface area contributed by atoms with Crippen LogP contribution in [-0.2, 0) is 23.1 Å². The van der Waals surface area contributed by atoms with E-state index in [-0.39, 0.29) is 24.0 Å². The zero-order valence-corrected chi connectivity index (χ0v) is 21.2. The highest BCUT2D eigenvalue weighted by molar-refractivity contribution is 14.0. The summed E-state index contributed by atoms with van der Waals surface area (Å²) in [6, 6.07) is 14.9. The van der Waals surface area contributed by atoms with Gasteiger partial charge < -0.3 is 15.4 Å². The second kappa shape index (κ2) is 12.3. The van der Waals surface area contributed by atoms with Crippen LogP contribution < -0.4 is 15.4 Å². The van der Waals surface area contributed by atoms with Crippen LogP contribution in [0.3, 0.4) is 0 Å². The molecule has 0 saturated carbocycles. The highest BCUT2D eigenvalue weighted by Crippen LogP contribution is 2.21. The molecule has 2 aromatic rings. The van der Waals surface area contributed by atoms with Crippen molar-refractivity contribution in [1.82, 2.24) is 14.9 Å². The number of guanidine groups is 1. The van der Waals surface area contributed by atoms with E-state index in [1.807, 2.05) is 43.3 Å². The molecule has 1 saturated heterocycles. The van der Waals surface area contributed by atoms with Gasteiger partial charge in [-0.1, -0.05) is 24.3 Å². The Morgan fingerprint density at radius 3 is 2.19 bits per heavy atom. The summed E-state index contributed by atoms with van der Waals surface area (Å²) in [7, 11) is -1.72. The summed E-state index contributed by atoms with van der Waals surface area (Å²) in [5.74, 6) is 1.53. The van der Waals surface area contributed by atoms with Gasteiger partial charge in [-0.05, 0) is 55.2 Å². The van der Waals surface area contributed by atoms with Crippen LogP contribution in [0.2, 0.25) is 0 Å². The molecule has 0 atom stereocenters. The Balaban J connectivity index is 0.00000341. The standard InChI is InChI=1S/C22H30N4O3S.HI/c1-3-23-22(24-16-18-6-10-20(29-2)11-7-18)25-17-19-8-12-21(13-9-19)30(27,28)26-14-4-5-15-26;/h6-13H,3-5,14-17H2,1-2H3,(H2,23,24,25);1H. The summed E-state index contributed by atoms with van der Waals surface area (Å²) in [5, 5.41) is 6.53. The van der Waals surface area contributed by atoms with Gasteiger partial charge in [-0.2, -0.15) is 4.31 Å². The van der Waals surface area contributed by atoms with E-state index in [2.05, 4.69) is 15.6 Å². The minimum absolute atomic E-state index is 0. The first-order valence-corrected chi connectivity index (χ1v) is 11.7. The number of rotatable bonds is 8. The summed E-state index contributed by atoms with van der Waals surface area (Å²) < 4.78 is 32.0. The van der Waals surface area contributed by atoms with Crippen molar-refractivity contribution in [1.29, 1.82) is 0 Å². The molecule has 0 spiro atoms. The van der Waals surface area contributed by atoms with Crippen molar-refractivity contribution in [2.45, 2.75) is 37.8 Å². The van der Waals surface area contributed by atoms with E-state index in [4.69, 9.17) is 4.74 Å². The number of methoxy groups -OCH3 is 1. The van der Waals surface area contributed by atoms with Gasteiger partial charge in [-0.15, -0.1) is 24.0 Å². The number of aliphatic imine (C=N–C) groups is 1. The monoisotopic (exact) mass is 558 g/mol. The van der Waals surface area contributed by atoms with E-state index in [0.717, 1.165) is 36.3 Å². The number of benzene rings is 2. The lowest BCUT2D eigenvalue weighted by Gasteiger charge is -2.16. The predicted octanol–water partition coefficient (Wildman–Crippen LogP) is 3.35. The fourth-order valence-electron chi connectivity index (χ4n) is 3.29. The maximum absolute atomic E-state index is 12.6. The van der Waals surface area contributed by atoms with Gasteiger partial charge in [-0.25, -0.2) is 13.4 Å². The average molecular weight is 558 g/mol. The van der Waals surface area contributed by atoms with Crippen LogP contribution in [-0.4, -0.2) is 45.4 Å². The third-order valence-electron chi connectivity index (χ3n) is 5.01. The van der Waals surface area contributed by atoms with Gasteiger partial charge in [0.05, 0.1) is 18.6 Å². The molecule has 2 aromatic carbocycles. The maximum Gasteiger partial charge on any atom is 0.243 e. The average Bonchev–Trinajstić information content (AvgIpc) is 3.32. The molecular formula is C22H31IN4O3S. The highest BCUT2D eigenvalue weighted by atomic mass is 127. The normalized spacial score (nSPS) is 14.7. The summed E-state index contributed by atoms with van der Waals surface area (Å²) in [4.78, 5) is 4.97. The third kappa shape index (κ3) is 7.08. The molecule has 0 unspecified atom stereocenters. The Morgan fingerprint density at radius 2 is 1.61 bits per heavy atom. The molecule has 0 aromatic heterocycles. The summed E-state index contributed by atoms with van der Waals surface area (Å²) >= 11 is 0. The largest absolute Gasteiger partial charge is 0.497 e. The second-order valence-corrected chi connectivity index (χ2v) is 9.09. The lowest BCUT2D eigenvalue weighted by Crippen LogP contribution is -2.36. The van der Waals surface area contributed by atoms with Crippen molar-refractivity contribution in [3.05, 3.63) is 59.7 Å². The summed E-state index contributed by atoms with van der Waals surface area (Å²) in [6.45, 7) is 5.10. The smallest absolute Gasteiger partial charge is 0.243 e. The SMILES string of the molecule is CCNC(=NCc1ccc(OC)cc1)NCc1ccc(S(=O)(=O)N2CCCC2)cc1.I. The molecule has 1 heterocycles. The molecule has 3 rings (SSSR count). The molecule has 0 amide bonds. The number of halogens is 1. The molecule has 2 N–H and O–H groups in total. The molecule has 1 aliphatic heterocycles. The molecule has 0 bridgehead atoms. The quantitative estimate of drug-likeness (QED) is 0.295. The Morgan fingerprint density at radius 1 is 1.00 bits per heavy atom.